The molecule has 1 N–H and O–H groups in total. The van der Waals surface area contributed by atoms with E-state index in [2.05, 4.69) is 0 Å². The van der Waals surface area contributed by atoms with Crippen molar-refractivity contribution in [1.82, 2.24) is 0 Å². The fourth-order valence-corrected chi connectivity index (χ4v) is 0.740. The predicted octanol–water partition coefficient (Wildman–Crippen LogP) is 1.72. The lowest BCUT2D eigenvalue weighted by atomic mass is 10.2. The van der Waals surface area contributed by atoms with Crippen molar-refractivity contribution in [3.63, 3.8) is 0 Å². The Kier molecular flexibility index (Phi) is 2.09. The molecule has 0 amide bonds. The molecule has 0 aliphatic carbocycles. The fraction of sp³-hybridized carbons (Fsp3) is 0. The number of nitrogens with zero attached hydrogens (tertiary/aromatic N) is 1. The van der Waals surface area contributed by atoms with Crippen molar-refractivity contribution in [2.45, 2.75) is 0 Å². The molecule has 0 heterocycles. The standard InChI is InChI=1S/C6H2F3NO3/c7-2-1-3(8)6(11)5(4(2)9)10(12)13/h1,11H. The quantitative estimate of drug-likeness (QED) is 0.419. The molecule has 0 spiro atoms. The Morgan fingerprint density at radius 2 is 1.85 bits per heavy atom. The second-order valence-electron chi connectivity index (χ2n) is 2.11. The third-order valence-electron chi connectivity index (χ3n) is 1.30. The number of phenols is 1. The maximum atomic E-state index is 12.5. The lowest BCUT2D eigenvalue weighted by Crippen LogP contribution is -1.98. The van der Waals surface area contributed by atoms with Crippen LogP contribution in [0, 0.1) is 27.6 Å². The normalized spacial score (nSPS) is 10.1. The Morgan fingerprint density at radius 3 is 2.31 bits per heavy atom. The summed E-state index contributed by atoms with van der Waals surface area (Å²) in [5.74, 6) is -6.69. The van der Waals surface area contributed by atoms with Crippen molar-refractivity contribution in [2.75, 3.05) is 0 Å². The third kappa shape index (κ3) is 1.40. The first-order valence-electron chi connectivity index (χ1n) is 2.96. The van der Waals surface area contributed by atoms with Crippen LogP contribution in [0.4, 0.5) is 18.9 Å². The van der Waals surface area contributed by atoms with Gasteiger partial charge in [0.15, 0.2) is 11.6 Å². The maximum Gasteiger partial charge on any atom is 0.352 e. The third-order valence-corrected chi connectivity index (χ3v) is 1.30. The Morgan fingerprint density at radius 1 is 1.31 bits per heavy atom. The number of rotatable bonds is 1. The summed E-state index contributed by atoms with van der Waals surface area (Å²) in [7, 11) is 0. The molecule has 0 fully saturated rings. The summed E-state index contributed by atoms with van der Waals surface area (Å²) >= 11 is 0. The second-order valence-corrected chi connectivity index (χ2v) is 2.11. The maximum absolute atomic E-state index is 12.5. The molecule has 0 atom stereocenters. The van der Waals surface area contributed by atoms with Crippen LogP contribution in [0.15, 0.2) is 6.07 Å². The highest BCUT2D eigenvalue weighted by molar-refractivity contribution is 5.47. The zero-order valence-corrected chi connectivity index (χ0v) is 5.92. The van der Waals surface area contributed by atoms with Gasteiger partial charge in [0.2, 0.25) is 11.6 Å². The van der Waals surface area contributed by atoms with E-state index in [0.717, 1.165) is 0 Å². The largest absolute Gasteiger partial charge is 0.500 e. The monoisotopic (exact) mass is 193 g/mol. The average Bonchev–Trinajstić information content (AvgIpc) is 2.01. The highest BCUT2D eigenvalue weighted by Crippen LogP contribution is 2.32. The van der Waals surface area contributed by atoms with Crippen LogP contribution >= 0.6 is 0 Å². The van der Waals surface area contributed by atoms with Gasteiger partial charge in [-0.25, -0.2) is 8.78 Å². The van der Waals surface area contributed by atoms with Crippen LogP contribution in [0.3, 0.4) is 0 Å². The van der Waals surface area contributed by atoms with Crippen LogP contribution in [-0.4, -0.2) is 10.0 Å². The lowest BCUT2D eigenvalue weighted by molar-refractivity contribution is -0.389. The molecule has 0 radical (unpaired) electrons. The van der Waals surface area contributed by atoms with Crippen LogP contribution in [-0.2, 0) is 0 Å². The van der Waals surface area contributed by atoms with Crippen LogP contribution in [0.5, 0.6) is 5.75 Å². The summed E-state index contributed by atoms with van der Waals surface area (Å²) in [6.07, 6.45) is 0. The van der Waals surface area contributed by atoms with Gasteiger partial charge in [-0.1, -0.05) is 0 Å². The zero-order chi connectivity index (χ0) is 10.2. The molecule has 0 aromatic heterocycles. The first-order valence-corrected chi connectivity index (χ1v) is 2.96. The Hall–Kier alpha value is -1.79. The molecule has 1 aromatic rings. The highest BCUT2D eigenvalue weighted by atomic mass is 19.2. The van der Waals surface area contributed by atoms with Gasteiger partial charge in [-0.05, 0) is 0 Å². The van der Waals surface area contributed by atoms with Gasteiger partial charge in [-0.2, -0.15) is 4.39 Å². The second kappa shape index (κ2) is 2.92. The van der Waals surface area contributed by atoms with Gasteiger partial charge in [0.1, 0.15) is 0 Å². The molecular formula is C6H2F3NO3. The van der Waals surface area contributed by atoms with E-state index in [1.54, 1.807) is 0 Å². The van der Waals surface area contributed by atoms with Gasteiger partial charge in [-0.15, -0.1) is 0 Å². The van der Waals surface area contributed by atoms with E-state index in [0.29, 0.717) is 0 Å². The summed E-state index contributed by atoms with van der Waals surface area (Å²) in [6.45, 7) is 0. The van der Waals surface area contributed by atoms with Gasteiger partial charge >= 0.3 is 5.69 Å². The van der Waals surface area contributed by atoms with E-state index < -0.39 is 33.8 Å². The Bertz CT molecular complexity index is 354. The molecule has 1 rings (SSSR count). The van der Waals surface area contributed by atoms with Gasteiger partial charge < -0.3 is 5.11 Å². The number of phenolic OH excluding ortho intramolecular Hbond substituents is 1. The number of nitro benzene ring substituents is 1. The van der Waals surface area contributed by atoms with Crippen molar-refractivity contribution in [2.24, 2.45) is 0 Å². The first-order chi connectivity index (χ1) is 5.95. The molecule has 0 aliphatic rings. The van der Waals surface area contributed by atoms with Crippen LogP contribution < -0.4 is 0 Å². The van der Waals surface area contributed by atoms with E-state index in [-0.39, 0.29) is 6.07 Å². The number of benzene rings is 1. The molecule has 13 heavy (non-hydrogen) atoms. The minimum Gasteiger partial charge on any atom is -0.500 e. The van der Waals surface area contributed by atoms with Gasteiger partial charge in [-0.3, -0.25) is 10.1 Å². The highest BCUT2D eigenvalue weighted by Gasteiger charge is 2.27. The molecule has 7 heteroatoms. The van der Waals surface area contributed by atoms with Gasteiger partial charge in [0, 0.05) is 6.07 Å². The molecule has 0 unspecified atom stereocenters. The van der Waals surface area contributed by atoms with Crippen LogP contribution in [0.2, 0.25) is 0 Å². The minimum absolute atomic E-state index is 0.0255. The molecule has 0 saturated carbocycles. The SMILES string of the molecule is O=[N+]([O-])c1c(O)c(F)cc(F)c1F. The molecule has 0 saturated heterocycles. The molecule has 70 valence electrons. The zero-order valence-electron chi connectivity index (χ0n) is 5.92. The topological polar surface area (TPSA) is 63.4 Å². The van der Waals surface area contributed by atoms with E-state index in [1.807, 2.05) is 0 Å². The minimum atomic E-state index is -1.89. The number of hydrogen-bond acceptors (Lipinski definition) is 3. The van der Waals surface area contributed by atoms with E-state index in [4.69, 9.17) is 5.11 Å². The summed E-state index contributed by atoms with van der Waals surface area (Å²) in [4.78, 5) is 8.61. The Labute approximate surface area is 69.4 Å². The summed E-state index contributed by atoms with van der Waals surface area (Å²) in [6, 6.07) is 0.0255. The molecular weight excluding hydrogens is 191 g/mol. The molecule has 1 aromatic carbocycles. The number of nitro groups is 1. The summed E-state index contributed by atoms with van der Waals surface area (Å²) in [5.41, 5.74) is -1.60. The number of aromatic hydroxyl groups is 1. The number of halogens is 3. The fourth-order valence-electron chi connectivity index (χ4n) is 0.740. The Balaban J connectivity index is 3.56. The van der Waals surface area contributed by atoms with Crippen molar-refractivity contribution >= 4 is 5.69 Å². The summed E-state index contributed by atoms with van der Waals surface area (Å²) < 4.78 is 37.3. The van der Waals surface area contributed by atoms with Crippen LogP contribution in [0.1, 0.15) is 0 Å². The van der Waals surface area contributed by atoms with Crippen molar-refractivity contribution in [3.8, 4) is 5.75 Å². The predicted molar refractivity (Wildman–Crippen MR) is 34.6 cm³/mol. The van der Waals surface area contributed by atoms with Gasteiger partial charge in [0.05, 0.1) is 4.92 Å². The van der Waals surface area contributed by atoms with E-state index >= 15 is 0 Å². The van der Waals surface area contributed by atoms with Crippen molar-refractivity contribution in [1.29, 1.82) is 0 Å². The first kappa shape index (κ1) is 9.30. The van der Waals surface area contributed by atoms with Crippen LogP contribution in [0.25, 0.3) is 0 Å². The smallest absolute Gasteiger partial charge is 0.352 e. The summed E-state index contributed by atoms with van der Waals surface area (Å²) in [5, 5.41) is 18.7. The van der Waals surface area contributed by atoms with Crippen molar-refractivity contribution < 1.29 is 23.2 Å². The molecule has 0 aliphatic heterocycles. The number of hydrogen-bond donors (Lipinski definition) is 1. The van der Waals surface area contributed by atoms with Crippen molar-refractivity contribution in [3.05, 3.63) is 33.6 Å². The lowest BCUT2D eigenvalue weighted by Gasteiger charge is -1.99. The molecule has 4 nitrogen and oxygen atoms in total. The molecule has 0 bridgehead atoms. The average molecular weight is 193 g/mol. The van der Waals surface area contributed by atoms with E-state index in [1.165, 1.54) is 0 Å². The van der Waals surface area contributed by atoms with E-state index in [9.17, 15) is 23.3 Å². The van der Waals surface area contributed by atoms with Gasteiger partial charge in [0.25, 0.3) is 0 Å².